The highest BCUT2D eigenvalue weighted by Crippen LogP contribution is 2.32. The fourth-order valence-electron chi connectivity index (χ4n) is 2.46. The van der Waals surface area contributed by atoms with E-state index in [0.717, 1.165) is 16.9 Å². The lowest BCUT2D eigenvalue weighted by atomic mass is 10.1. The summed E-state index contributed by atoms with van der Waals surface area (Å²) in [6.45, 7) is 0.997. The molecule has 0 bridgehead atoms. The maximum absolute atomic E-state index is 6.04. The average Bonchev–Trinajstić information content (AvgIpc) is 2.65. The van der Waals surface area contributed by atoms with Gasteiger partial charge in [0.25, 0.3) is 0 Å². The van der Waals surface area contributed by atoms with Crippen LogP contribution in [0.4, 0.5) is 5.82 Å². The third-order valence-corrected chi connectivity index (χ3v) is 3.91. The highest BCUT2D eigenvalue weighted by atomic mass is 35.5. The van der Waals surface area contributed by atoms with Crippen LogP contribution in [0.2, 0.25) is 5.02 Å². The van der Waals surface area contributed by atoms with Crippen LogP contribution in [0.5, 0.6) is 11.5 Å². The summed E-state index contributed by atoms with van der Waals surface area (Å²) in [5.74, 6) is 2.22. The van der Waals surface area contributed by atoms with Crippen molar-refractivity contribution < 1.29 is 9.47 Å². The van der Waals surface area contributed by atoms with Gasteiger partial charge in [0.05, 0.1) is 7.11 Å². The zero-order chi connectivity index (χ0) is 17.5. The van der Waals surface area contributed by atoms with Crippen LogP contribution in [-0.4, -0.2) is 12.1 Å². The minimum atomic E-state index is 0.414. The van der Waals surface area contributed by atoms with Crippen molar-refractivity contribution in [2.45, 2.75) is 13.2 Å². The second-order valence-corrected chi connectivity index (χ2v) is 5.87. The average molecular weight is 355 g/mol. The highest BCUT2D eigenvalue weighted by molar-refractivity contribution is 6.30. The van der Waals surface area contributed by atoms with Gasteiger partial charge in [-0.1, -0.05) is 41.9 Å². The number of pyridine rings is 1. The minimum Gasteiger partial charge on any atom is -0.493 e. The second-order valence-electron chi connectivity index (χ2n) is 5.44. The van der Waals surface area contributed by atoms with Gasteiger partial charge in [-0.05, 0) is 35.9 Å². The Morgan fingerprint density at radius 2 is 1.92 bits per heavy atom. The summed E-state index contributed by atoms with van der Waals surface area (Å²) in [4.78, 5) is 4.27. The number of hydrogen-bond acceptors (Lipinski definition) is 4. The fraction of sp³-hybridized carbons (Fsp3) is 0.150. The van der Waals surface area contributed by atoms with Crippen molar-refractivity contribution in [3.63, 3.8) is 0 Å². The molecule has 2 aromatic carbocycles. The molecule has 4 nitrogen and oxygen atoms in total. The molecule has 0 aliphatic carbocycles. The molecule has 25 heavy (non-hydrogen) atoms. The largest absolute Gasteiger partial charge is 0.493 e. The number of ether oxygens (including phenoxy) is 2. The topological polar surface area (TPSA) is 43.4 Å². The molecule has 3 rings (SSSR count). The fourth-order valence-corrected chi connectivity index (χ4v) is 2.67. The second kappa shape index (κ2) is 8.40. The lowest BCUT2D eigenvalue weighted by molar-refractivity contribution is 0.281. The number of nitrogens with zero attached hydrogens (tertiary/aromatic N) is 1. The summed E-state index contributed by atoms with van der Waals surface area (Å²) >= 11 is 6.04. The SMILES string of the molecule is COc1cccc(CNc2ccccn2)c1OCc1cccc(Cl)c1. The van der Waals surface area contributed by atoms with E-state index in [1.807, 2.05) is 60.7 Å². The van der Waals surface area contributed by atoms with Crippen LogP contribution in [0.1, 0.15) is 11.1 Å². The molecule has 0 radical (unpaired) electrons. The number of aromatic nitrogens is 1. The third kappa shape index (κ3) is 4.64. The van der Waals surface area contributed by atoms with Gasteiger partial charge in [0, 0.05) is 23.3 Å². The number of nitrogens with one attached hydrogen (secondary N) is 1. The zero-order valence-electron chi connectivity index (χ0n) is 13.9. The predicted molar refractivity (Wildman–Crippen MR) is 100 cm³/mol. The molecule has 0 saturated heterocycles. The Morgan fingerprint density at radius 1 is 1.04 bits per heavy atom. The van der Waals surface area contributed by atoms with E-state index in [0.29, 0.717) is 29.7 Å². The van der Waals surface area contributed by atoms with Gasteiger partial charge in [-0.3, -0.25) is 0 Å². The van der Waals surface area contributed by atoms with Crippen molar-refractivity contribution in [3.8, 4) is 11.5 Å². The number of benzene rings is 2. The molecule has 0 atom stereocenters. The summed E-state index contributed by atoms with van der Waals surface area (Å²) in [6.07, 6.45) is 1.75. The van der Waals surface area contributed by atoms with E-state index in [2.05, 4.69) is 10.3 Å². The Hall–Kier alpha value is -2.72. The predicted octanol–water partition coefficient (Wildman–Crippen LogP) is 4.93. The molecule has 0 unspecified atom stereocenters. The van der Waals surface area contributed by atoms with Crippen LogP contribution in [0.25, 0.3) is 0 Å². The molecule has 5 heteroatoms. The summed E-state index contributed by atoms with van der Waals surface area (Å²) in [6, 6.07) is 19.2. The molecule has 3 aromatic rings. The molecule has 0 amide bonds. The van der Waals surface area contributed by atoms with E-state index in [-0.39, 0.29) is 0 Å². The first-order chi connectivity index (χ1) is 12.3. The molecule has 1 heterocycles. The minimum absolute atomic E-state index is 0.414. The lowest BCUT2D eigenvalue weighted by Crippen LogP contribution is -2.06. The number of methoxy groups -OCH3 is 1. The number of hydrogen-bond donors (Lipinski definition) is 1. The van der Waals surface area contributed by atoms with Crippen LogP contribution in [-0.2, 0) is 13.2 Å². The highest BCUT2D eigenvalue weighted by Gasteiger charge is 2.11. The van der Waals surface area contributed by atoms with Crippen LogP contribution in [0, 0.1) is 0 Å². The summed E-state index contributed by atoms with van der Waals surface area (Å²) < 4.78 is 11.5. The first-order valence-electron chi connectivity index (χ1n) is 7.94. The summed E-state index contributed by atoms with van der Waals surface area (Å²) in [5.41, 5.74) is 1.99. The van der Waals surface area contributed by atoms with Gasteiger partial charge in [-0.25, -0.2) is 4.98 Å². The number of para-hydroxylation sites is 1. The van der Waals surface area contributed by atoms with Crippen LogP contribution < -0.4 is 14.8 Å². The molecule has 128 valence electrons. The van der Waals surface area contributed by atoms with Crippen molar-refractivity contribution in [3.05, 3.63) is 83.0 Å². The van der Waals surface area contributed by atoms with E-state index >= 15 is 0 Å². The molecular weight excluding hydrogens is 336 g/mol. The van der Waals surface area contributed by atoms with Crippen LogP contribution >= 0.6 is 11.6 Å². The molecule has 0 aliphatic heterocycles. The van der Waals surface area contributed by atoms with Gasteiger partial charge >= 0.3 is 0 Å². The monoisotopic (exact) mass is 354 g/mol. The Balaban J connectivity index is 1.76. The van der Waals surface area contributed by atoms with E-state index < -0.39 is 0 Å². The smallest absolute Gasteiger partial charge is 0.166 e. The Morgan fingerprint density at radius 3 is 2.68 bits per heavy atom. The van der Waals surface area contributed by atoms with Gasteiger partial charge in [0.15, 0.2) is 11.5 Å². The van der Waals surface area contributed by atoms with Crippen LogP contribution in [0.15, 0.2) is 66.9 Å². The number of rotatable bonds is 7. The first-order valence-corrected chi connectivity index (χ1v) is 8.32. The molecule has 0 fully saturated rings. The van der Waals surface area contributed by atoms with Crippen molar-refractivity contribution in [2.75, 3.05) is 12.4 Å². The van der Waals surface area contributed by atoms with Crippen molar-refractivity contribution >= 4 is 17.4 Å². The molecule has 0 spiro atoms. The quantitative estimate of drug-likeness (QED) is 0.653. The van der Waals surface area contributed by atoms with Gasteiger partial charge in [0.1, 0.15) is 12.4 Å². The van der Waals surface area contributed by atoms with E-state index in [1.54, 1.807) is 13.3 Å². The standard InChI is InChI=1S/C20H19ClN2O2/c1-24-18-9-5-7-16(13-23-19-10-2-3-11-22-19)20(18)25-14-15-6-4-8-17(21)12-15/h2-12H,13-14H2,1H3,(H,22,23). The van der Waals surface area contributed by atoms with Crippen molar-refractivity contribution in [1.82, 2.24) is 4.98 Å². The van der Waals surface area contributed by atoms with E-state index in [1.165, 1.54) is 0 Å². The van der Waals surface area contributed by atoms with Gasteiger partial charge in [-0.15, -0.1) is 0 Å². The molecule has 0 saturated carbocycles. The van der Waals surface area contributed by atoms with Crippen molar-refractivity contribution in [2.24, 2.45) is 0 Å². The maximum atomic E-state index is 6.04. The third-order valence-electron chi connectivity index (χ3n) is 3.68. The van der Waals surface area contributed by atoms with Gasteiger partial charge in [-0.2, -0.15) is 0 Å². The molecular formula is C20H19ClN2O2. The summed E-state index contributed by atoms with van der Waals surface area (Å²) in [7, 11) is 1.64. The van der Waals surface area contributed by atoms with Crippen molar-refractivity contribution in [1.29, 1.82) is 0 Å². The lowest BCUT2D eigenvalue weighted by Gasteiger charge is -2.16. The number of halogens is 1. The molecule has 1 N–H and O–H groups in total. The van der Waals surface area contributed by atoms with Crippen LogP contribution in [0.3, 0.4) is 0 Å². The Bertz CT molecular complexity index is 825. The Labute approximate surface area is 152 Å². The van der Waals surface area contributed by atoms with Gasteiger partial charge < -0.3 is 14.8 Å². The first kappa shape index (κ1) is 17.1. The number of anilines is 1. The molecule has 1 aromatic heterocycles. The Kier molecular flexibility index (Phi) is 5.75. The zero-order valence-corrected chi connectivity index (χ0v) is 14.7. The maximum Gasteiger partial charge on any atom is 0.166 e. The normalized spacial score (nSPS) is 10.3. The van der Waals surface area contributed by atoms with E-state index in [4.69, 9.17) is 21.1 Å². The summed E-state index contributed by atoms with van der Waals surface area (Å²) in [5, 5.41) is 3.98. The van der Waals surface area contributed by atoms with Gasteiger partial charge in [0.2, 0.25) is 0 Å². The van der Waals surface area contributed by atoms with E-state index in [9.17, 15) is 0 Å². The molecule has 0 aliphatic rings.